The molecule has 0 heteroatoms. The van der Waals surface area contributed by atoms with Crippen LogP contribution in [0.5, 0.6) is 0 Å². The molecule has 0 N–H and O–H groups in total. The van der Waals surface area contributed by atoms with Crippen molar-refractivity contribution in [3.05, 3.63) is 83.0 Å². The lowest BCUT2D eigenvalue weighted by molar-refractivity contribution is 0.356. The topological polar surface area (TPSA) is 0 Å². The van der Waals surface area contributed by atoms with Crippen molar-refractivity contribution >= 4 is 0 Å². The van der Waals surface area contributed by atoms with Crippen LogP contribution in [0.2, 0.25) is 0 Å². The molecule has 31 heavy (non-hydrogen) atoms. The highest BCUT2D eigenvalue weighted by molar-refractivity contribution is 5.73. The van der Waals surface area contributed by atoms with E-state index >= 15 is 0 Å². The summed E-state index contributed by atoms with van der Waals surface area (Å²) in [5, 5.41) is 0. The molecule has 0 atom stereocenters. The number of hydrogen-bond acceptors (Lipinski definition) is 0. The molecule has 2 aromatic rings. The van der Waals surface area contributed by atoms with Gasteiger partial charge < -0.3 is 0 Å². The number of benzene rings is 2. The number of rotatable bonds is 7. The molecule has 2 fully saturated rings. The fourth-order valence-corrected chi connectivity index (χ4v) is 6.05. The second kappa shape index (κ2) is 10.0. The summed E-state index contributed by atoms with van der Waals surface area (Å²) in [7, 11) is 0. The molecule has 0 heterocycles. The maximum Gasteiger partial charge on any atom is 0.000188 e. The highest BCUT2D eigenvalue weighted by atomic mass is 14.3. The quantitative estimate of drug-likeness (QED) is 0.398. The van der Waals surface area contributed by atoms with E-state index in [2.05, 4.69) is 63.4 Å². The summed E-state index contributed by atoms with van der Waals surface area (Å²) in [6, 6.07) is 14.0. The van der Waals surface area contributed by atoms with E-state index < -0.39 is 0 Å². The molecular weight excluding hydrogens is 372 g/mol. The summed E-state index contributed by atoms with van der Waals surface area (Å²) in [5.74, 6) is 1.41. The second-order valence-electron chi connectivity index (χ2n) is 10.2. The lowest BCUT2D eigenvalue weighted by Gasteiger charge is -2.25. The minimum absolute atomic E-state index is 0.551. The molecule has 164 valence electrons. The van der Waals surface area contributed by atoms with Gasteiger partial charge in [-0.25, -0.2) is 0 Å². The zero-order chi connectivity index (χ0) is 21.8. The van der Waals surface area contributed by atoms with E-state index in [0.717, 1.165) is 25.2 Å². The third-order valence-corrected chi connectivity index (χ3v) is 7.83. The molecule has 0 radical (unpaired) electrons. The lowest BCUT2D eigenvalue weighted by atomic mass is 9.80. The van der Waals surface area contributed by atoms with Gasteiger partial charge in [0.15, 0.2) is 0 Å². The van der Waals surface area contributed by atoms with E-state index in [0.29, 0.717) is 5.92 Å². The van der Waals surface area contributed by atoms with E-state index in [1.165, 1.54) is 90.3 Å². The van der Waals surface area contributed by atoms with Gasteiger partial charge in [-0.05, 0) is 86.1 Å². The van der Waals surface area contributed by atoms with Crippen LogP contribution in [0.25, 0.3) is 11.1 Å². The van der Waals surface area contributed by atoms with E-state index in [1.807, 2.05) is 0 Å². The van der Waals surface area contributed by atoms with E-state index in [9.17, 15) is 0 Å². The summed E-state index contributed by atoms with van der Waals surface area (Å²) >= 11 is 0. The van der Waals surface area contributed by atoms with Crippen molar-refractivity contribution in [3.8, 4) is 11.1 Å². The maximum absolute atomic E-state index is 4.30. The number of aryl methyl sites for hydroxylation is 3. The first-order valence-electron chi connectivity index (χ1n) is 12.6. The highest BCUT2D eigenvalue weighted by Gasteiger charge is 2.23. The average Bonchev–Trinajstić information content (AvgIpc) is 3.09. The van der Waals surface area contributed by atoms with Gasteiger partial charge in [-0.3, -0.25) is 0 Å². The Kier molecular flexibility index (Phi) is 7.16. The second-order valence-corrected chi connectivity index (χ2v) is 10.2. The fourth-order valence-electron chi connectivity index (χ4n) is 6.05. The first-order valence-corrected chi connectivity index (χ1v) is 12.6. The molecule has 0 unspecified atom stereocenters. The van der Waals surface area contributed by atoms with Gasteiger partial charge in [-0.15, -0.1) is 0 Å². The Hall–Kier alpha value is -2.08. The molecular formula is C31H40. The van der Waals surface area contributed by atoms with Crippen molar-refractivity contribution in [2.75, 3.05) is 0 Å². The van der Waals surface area contributed by atoms with Gasteiger partial charge in [0.25, 0.3) is 0 Å². The van der Waals surface area contributed by atoms with E-state index in [-0.39, 0.29) is 0 Å². The zero-order valence-electron chi connectivity index (χ0n) is 19.8. The maximum atomic E-state index is 4.30. The van der Waals surface area contributed by atoms with Gasteiger partial charge in [-0.1, -0.05) is 98.4 Å². The molecule has 0 aromatic heterocycles. The van der Waals surface area contributed by atoms with Gasteiger partial charge in [0.1, 0.15) is 0 Å². The third-order valence-electron chi connectivity index (χ3n) is 7.83. The van der Waals surface area contributed by atoms with E-state index in [1.54, 1.807) is 5.56 Å². The summed E-state index contributed by atoms with van der Waals surface area (Å²) in [6.07, 6.45) is 14.2. The summed E-state index contributed by atoms with van der Waals surface area (Å²) in [4.78, 5) is 0. The Morgan fingerprint density at radius 1 is 0.871 bits per heavy atom. The largest absolute Gasteiger partial charge is 0.0992 e. The number of hydrogen-bond donors (Lipinski definition) is 0. The molecule has 0 saturated heterocycles. The van der Waals surface area contributed by atoms with Gasteiger partial charge in [0, 0.05) is 5.92 Å². The van der Waals surface area contributed by atoms with Crippen LogP contribution < -0.4 is 0 Å². The van der Waals surface area contributed by atoms with Crippen molar-refractivity contribution < 1.29 is 0 Å². The SMILES string of the molecule is C=C1CCC(=C)C1CCCc1ccccc1-c1cc(C)cc(C)c1CC1CCCCC1. The van der Waals surface area contributed by atoms with Crippen LogP contribution in [0.1, 0.15) is 80.0 Å². The first-order chi connectivity index (χ1) is 15.0. The van der Waals surface area contributed by atoms with Crippen molar-refractivity contribution in [2.45, 2.75) is 84.5 Å². The van der Waals surface area contributed by atoms with Crippen LogP contribution >= 0.6 is 0 Å². The summed E-state index contributed by atoms with van der Waals surface area (Å²) in [5.41, 5.74) is 11.7. The smallest absolute Gasteiger partial charge is 0.000188 e. The minimum Gasteiger partial charge on any atom is -0.0992 e. The van der Waals surface area contributed by atoms with Crippen LogP contribution in [0.15, 0.2) is 60.7 Å². The Balaban J connectivity index is 1.57. The van der Waals surface area contributed by atoms with Crippen LogP contribution in [-0.2, 0) is 12.8 Å². The van der Waals surface area contributed by atoms with Gasteiger partial charge in [0.2, 0.25) is 0 Å². The standard InChI is InChI=1S/C31H40/c1-22-19-25(4)30(21-26-11-6-5-7-12-26)31(20-22)29-15-9-8-13-27(29)14-10-16-28-23(2)17-18-24(28)3/h8-9,13,15,19-20,26,28H,2-3,5-7,10-12,14,16-18,21H2,1,4H3. The summed E-state index contributed by atoms with van der Waals surface area (Å²) < 4.78 is 0. The van der Waals surface area contributed by atoms with Crippen LogP contribution in [0, 0.1) is 25.7 Å². The number of allylic oxidation sites excluding steroid dienone is 2. The van der Waals surface area contributed by atoms with Gasteiger partial charge in [-0.2, -0.15) is 0 Å². The molecule has 0 amide bonds. The molecule has 0 aliphatic heterocycles. The Morgan fingerprint density at radius 2 is 1.58 bits per heavy atom. The Bertz CT molecular complexity index is 923. The molecule has 0 spiro atoms. The third kappa shape index (κ3) is 5.22. The molecule has 2 saturated carbocycles. The van der Waals surface area contributed by atoms with Crippen molar-refractivity contribution in [1.82, 2.24) is 0 Å². The van der Waals surface area contributed by atoms with Gasteiger partial charge >= 0.3 is 0 Å². The minimum atomic E-state index is 0.551. The van der Waals surface area contributed by atoms with Crippen molar-refractivity contribution in [1.29, 1.82) is 0 Å². The monoisotopic (exact) mass is 412 g/mol. The Morgan fingerprint density at radius 3 is 2.32 bits per heavy atom. The predicted molar refractivity (Wildman–Crippen MR) is 136 cm³/mol. The molecule has 4 rings (SSSR count). The first kappa shape index (κ1) is 22.1. The molecule has 0 bridgehead atoms. The van der Waals surface area contributed by atoms with E-state index in [4.69, 9.17) is 0 Å². The van der Waals surface area contributed by atoms with Crippen molar-refractivity contribution in [2.24, 2.45) is 11.8 Å². The average molecular weight is 413 g/mol. The van der Waals surface area contributed by atoms with Crippen LogP contribution in [0.3, 0.4) is 0 Å². The predicted octanol–water partition coefficient (Wildman–Crippen LogP) is 8.94. The molecule has 2 aliphatic carbocycles. The highest BCUT2D eigenvalue weighted by Crippen LogP contribution is 2.38. The molecule has 2 aromatic carbocycles. The summed E-state index contributed by atoms with van der Waals surface area (Å²) in [6.45, 7) is 13.2. The van der Waals surface area contributed by atoms with Gasteiger partial charge in [0.05, 0.1) is 0 Å². The van der Waals surface area contributed by atoms with Crippen LogP contribution in [-0.4, -0.2) is 0 Å². The lowest BCUT2D eigenvalue weighted by Crippen LogP contribution is -2.11. The normalized spacial score (nSPS) is 18.1. The fraction of sp³-hybridized carbons (Fsp3) is 0.484. The van der Waals surface area contributed by atoms with Crippen molar-refractivity contribution in [3.63, 3.8) is 0 Å². The molecule has 2 aliphatic rings. The zero-order valence-corrected chi connectivity index (χ0v) is 19.8. The van der Waals surface area contributed by atoms with Crippen LogP contribution in [0.4, 0.5) is 0 Å². The Labute approximate surface area is 190 Å². The molecule has 0 nitrogen and oxygen atoms in total.